The first-order valence-corrected chi connectivity index (χ1v) is 8.92. The van der Waals surface area contributed by atoms with Crippen LogP contribution in [0.3, 0.4) is 0 Å². The number of alkyl halides is 3. The number of benzene rings is 1. The van der Waals surface area contributed by atoms with Gasteiger partial charge in [0.25, 0.3) is 5.91 Å². The minimum atomic E-state index is -4.43. The van der Waals surface area contributed by atoms with Gasteiger partial charge >= 0.3 is 6.18 Å². The molecule has 0 spiro atoms. The molecule has 0 aliphatic heterocycles. The molecule has 1 aromatic carbocycles. The molecule has 5 nitrogen and oxygen atoms in total. The van der Waals surface area contributed by atoms with Crippen LogP contribution >= 0.6 is 0 Å². The van der Waals surface area contributed by atoms with Gasteiger partial charge in [0.15, 0.2) is 0 Å². The molecule has 1 aliphatic carbocycles. The lowest BCUT2D eigenvalue weighted by Crippen LogP contribution is -2.36. The Balaban J connectivity index is 1.76. The quantitative estimate of drug-likeness (QED) is 0.815. The minimum Gasteiger partial charge on any atom is -0.348 e. The Kier molecular flexibility index (Phi) is 5.62. The van der Waals surface area contributed by atoms with Crippen molar-refractivity contribution in [3.63, 3.8) is 0 Å². The molecule has 2 N–H and O–H groups in total. The van der Waals surface area contributed by atoms with Crippen LogP contribution in [0.4, 0.5) is 24.8 Å². The molecule has 1 aromatic heterocycles. The van der Waals surface area contributed by atoms with Crippen molar-refractivity contribution in [3.8, 4) is 0 Å². The van der Waals surface area contributed by atoms with Gasteiger partial charge in [-0.25, -0.2) is 9.97 Å². The molecule has 3 rings (SSSR count). The highest BCUT2D eigenvalue weighted by atomic mass is 19.4. The number of carbonyl (C=O) groups excluding carboxylic acids is 1. The van der Waals surface area contributed by atoms with Crippen LogP contribution in [0.1, 0.15) is 53.8 Å². The number of amides is 1. The van der Waals surface area contributed by atoms with E-state index in [0.717, 1.165) is 37.8 Å². The second-order valence-electron chi connectivity index (χ2n) is 6.73. The Morgan fingerprint density at radius 3 is 2.56 bits per heavy atom. The lowest BCUT2D eigenvalue weighted by Gasteiger charge is -2.22. The zero-order valence-electron chi connectivity index (χ0n) is 14.9. The average molecular weight is 378 g/mol. The van der Waals surface area contributed by atoms with E-state index in [1.807, 2.05) is 0 Å². The van der Waals surface area contributed by atoms with Crippen LogP contribution in [0.5, 0.6) is 0 Å². The van der Waals surface area contributed by atoms with Gasteiger partial charge in [-0.05, 0) is 44.0 Å². The van der Waals surface area contributed by atoms with Crippen LogP contribution in [-0.4, -0.2) is 21.9 Å². The second-order valence-corrected chi connectivity index (χ2v) is 6.73. The molecular weight excluding hydrogens is 357 g/mol. The molecule has 1 fully saturated rings. The van der Waals surface area contributed by atoms with Crippen molar-refractivity contribution in [1.82, 2.24) is 15.3 Å². The van der Waals surface area contributed by atoms with Gasteiger partial charge in [0.2, 0.25) is 5.95 Å². The van der Waals surface area contributed by atoms with Gasteiger partial charge in [-0.1, -0.05) is 25.3 Å². The van der Waals surface area contributed by atoms with E-state index >= 15 is 0 Å². The molecule has 0 atom stereocenters. The summed E-state index contributed by atoms with van der Waals surface area (Å²) in [6.07, 6.45) is 0.836. The van der Waals surface area contributed by atoms with Crippen LogP contribution in [0.2, 0.25) is 0 Å². The van der Waals surface area contributed by atoms with Gasteiger partial charge in [-0.2, -0.15) is 13.2 Å². The summed E-state index contributed by atoms with van der Waals surface area (Å²) >= 11 is 0. The molecule has 27 heavy (non-hydrogen) atoms. The first-order chi connectivity index (χ1) is 12.8. The molecule has 0 bridgehead atoms. The standard InChI is InChI=1S/C19H21F3N4O/c1-12-10-16(17(27)24-14-7-3-2-4-8-14)26-18(23-12)25-15-9-5-6-13(11-15)19(20,21)22/h5-6,9-11,14H,2-4,7-8H2,1H3,(H,24,27)(H,23,25,26). The SMILES string of the molecule is Cc1cc(C(=O)NC2CCCCC2)nc(Nc2cccc(C(F)(F)F)c2)n1. The summed E-state index contributed by atoms with van der Waals surface area (Å²) in [4.78, 5) is 20.8. The molecule has 1 heterocycles. The summed E-state index contributed by atoms with van der Waals surface area (Å²) in [6.45, 7) is 1.70. The Hall–Kier alpha value is -2.64. The molecule has 2 aromatic rings. The van der Waals surface area contributed by atoms with Crippen molar-refractivity contribution < 1.29 is 18.0 Å². The Bertz CT molecular complexity index is 817. The average Bonchev–Trinajstić information content (AvgIpc) is 2.61. The number of anilines is 2. The predicted molar refractivity (Wildman–Crippen MR) is 95.8 cm³/mol. The number of aryl methyl sites for hydroxylation is 1. The maximum Gasteiger partial charge on any atom is 0.416 e. The van der Waals surface area contributed by atoms with Crippen molar-refractivity contribution in [2.24, 2.45) is 0 Å². The lowest BCUT2D eigenvalue weighted by atomic mass is 9.95. The van der Waals surface area contributed by atoms with E-state index < -0.39 is 11.7 Å². The van der Waals surface area contributed by atoms with Crippen molar-refractivity contribution in [3.05, 3.63) is 47.3 Å². The third-order valence-corrected chi connectivity index (χ3v) is 4.47. The summed E-state index contributed by atoms with van der Waals surface area (Å²) in [6, 6.07) is 6.47. The largest absolute Gasteiger partial charge is 0.416 e. The highest BCUT2D eigenvalue weighted by Gasteiger charge is 2.30. The van der Waals surface area contributed by atoms with E-state index in [1.165, 1.54) is 18.6 Å². The lowest BCUT2D eigenvalue weighted by molar-refractivity contribution is -0.137. The van der Waals surface area contributed by atoms with E-state index in [2.05, 4.69) is 20.6 Å². The van der Waals surface area contributed by atoms with Gasteiger partial charge < -0.3 is 10.6 Å². The zero-order chi connectivity index (χ0) is 19.4. The summed E-state index contributed by atoms with van der Waals surface area (Å²) in [5.41, 5.74) is 0.181. The highest BCUT2D eigenvalue weighted by Crippen LogP contribution is 2.31. The number of nitrogens with zero attached hydrogens (tertiary/aromatic N) is 2. The molecule has 0 saturated heterocycles. The highest BCUT2D eigenvalue weighted by molar-refractivity contribution is 5.92. The summed E-state index contributed by atoms with van der Waals surface area (Å²) in [5, 5.41) is 5.73. The third kappa shape index (κ3) is 5.18. The number of nitrogens with one attached hydrogen (secondary N) is 2. The Morgan fingerprint density at radius 1 is 1.11 bits per heavy atom. The normalized spacial score (nSPS) is 15.4. The predicted octanol–water partition coefficient (Wildman–Crippen LogP) is 4.61. The first kappa shape index (κ1) is 19.1. The first-order valence-electron chi connectivity index (χ1n) is 8.92. The third-order valence-electron chi connectivity index (χ3n) is 4.47. The minimum absolute atomic E-state index is 0.0862. The Morgan fingerprint density at radius 2 is 1.85 bits per heavy atom. The van der Waals surface area contributed by atoms with Crippen LogP contribution in [0, 0.1) is 6.92 Å². The molecule has 1 amide bonds. The molecule has 0 unspecified atom stereocenters. The van der Waals surface area contributed by atoms with E-state index in [1.54, 1.807) is 13.0 Å². The van der Waals surface area contributed by atoms with E-state index in [0.29, 0.717) is 5.69 Å². The molecule has 1 saturated carbocycles. The van der Waals surface area contributed by atoms with Crippen LogP contribution in [0.15, 0.2) is 30.3 Å². The van der Waals surface area contributed by atoms with Crippen LogP contribution in [0.25, 0.3) is 0 Å². The van der Waals surface area contributed by atoms with Gasteiger partial charge in [0, 0.05) is 17.4 Å². The van der Waals surface area contributed by atoms with Crippen molar-refractivity contribution in [1.29, 1.82) is 0 Å². The fourth-order valence-corrected chi connectivity index (χ4v) is 3.15. The summed E-state index contributed by atoms with van der Waals surface area (Å²) in [7, 11) is 0. The molecule has 1 aliphatic rings. The second kappa shape index (κ2) is 7.94. The number of halogens is 3. The van der Waals surface area contributed by atoms with Crippen LogP contribution in [-0.2, 0) is 6.18 Å². The molecule has 0 radical (unpaired) electrons. The Labute approximate surface area is 155 Å². The summed E-state index contributed by atoms with van der Waals surface area (Å²) in [5.74, 6) is -0.206. The molecule has 144 valence electrons. The number of hydrogen-bond donors (Lipinski definition) is 2. The van der Waals surface area contributed by atoms with E-state index in [9.17, 15) is 18.0 Å². The van der Waals surface area contributed by atoms with Gasteiger partial charge in [-0.15, -0.1) is 0 Å². The van der Waals surface area contributed by atoms with Crippen molar-refractivity contribution >= 4 is 17.5 Å². The maximum atomic E-state index is 12.9. The van der Waals surface area contributed by atoms with Gasteiger partial charge in [0.05, 0.1) is 5.56 Å². The summed E-state index contributed by atoms with van der Waals surface area (Å²) < 4.78 is 38.6. The van der Waals surface area contributed by atoms with Gasteiger partial charge in [0.1, 0.15) is 5.69 Å². The van der Waals surface area contributed by atoms with Crippen molar-refractivity contribution in [2.75, 3.05) is 5.32 Å². The number of rotatable bonds is 4. The number of aromatic nitrogens is 2. The number of hydrogen-bond acceptors (Lipinski definition) is 4. The topological polar surface area (TPSA) is 66.9 Å². The monoisotopic (exact) mass is 378 g/mol. The zero-order valence-corrected chi connectivity index (χ0v) is 14.9. The smallest absolute Gasteiger partial charge is 0.348 e. The van der Waals surface area contributed by atoms with E-state index in [4.69, 9.17) is 0 Å². The molecular formula is C19H21F3N4O. The molecule has 8 heteroatoms. The van der Waals surface area contributed by atoms with Gasteiger partial charge in [-0.3, -0.25) is 4.79 Å². The van der Waals surface area contributed by atoms with E-state index in [-0.39, 0.29) is 29.3 Å². The fraction of sp³-hybridized carbons (Fsp3) is 0.421. The maximum absolute atomic E-state index is 12.9. The van der Waals surface area contributed by atoms with Crippen molar-refractivity contribution in [2.45, 2.75) is 51.2 Å². The van der Waals surface area contributed by atoms with Crippen LogP contribution < -0.4 is 10.6 Å². The number of carbonyl (C=O) groups is 1. The fourth-order valence-electron chi connectivity index (χ4n) is 3.15.